The molecule has 1 atom stereocenters. The Morgan fingerprint density at radius 2 is 2.36 bits per heavy atom. The van der Waals surface area contributed by atoms with Gasteiger partial charge in [-0.15, -0.1) is 0 Å². The maximum absolute atomic E-state index is 10.3. The number of nitrogens with zero attached hydrogens (tertiary/aromatic N) is 1. The third kappa shape index (κ3) is 4.69. The summed E-state index contributed by atoms with van der Waals surface area (Å²) < 4.78 is 0. The van der Waals surface area contributed by atoms with Gasteiger partial charge in [-0.25, -0.2) is 0 Å². The second-order valence-electron chi connectivity index (χ2n) is 2.28. The van der Waals surface area contributed by atoms with Crippen molar-refractivity contribution >= 4 is 0 Å². The number of hydrogen-bond acceptors (Lipinski definition) is 4. The van der Waals surface area contributed by atoms with Crippen LogP contribution >= 0.6 is 0 Å². The van der Waals surface area contributed by atoms with Crippen molar-refractivity contribution in [3.8, 4) is 0 Å². The zero-order valence-corrected chi connectivity index (χ0v) is 6.87. The first-order chi connectivity index (χ1) is 5.22. The Bertz CT molecular complexity index is 118. The summed E-state index contributed by atoms with van der Waals surface area (Å²) in [4.78, 5) is 14.5. The molecule has 1 unspecified atom stereocenters. The van der Waals surface area contributed by atoms with Crippen molar-refractivity contribution in [1.82, 2.24) is 5.48 Å². The smallest absolute Gasteiger partial charge is 0.227 e. The van der Waals surface area contributed by atoms with Gasteiger partial charge in [0.15, 0.2) is 0 Å². The van der Waals surface area contributed by atoms with Crippen molar-refractivity contribution in [2.24, 2.45) is 0 Å². The average Bonchev–Trinajstić information content (AvgIpc) is 1.97. The Hall–Kier alpha value is -0.680. The Morgan fingerprint density at radius 1 is 1.73 bits per heavy atom. The molecule has 0 amide bonds. The van der Waals surface area contributed by atoms with E-state index < -0.39 is 6.04 Å². The molecular formula is C6H14N2O3. The van der Waals surface area contributed by atoms with Gasteiger partial charge >= 0.3 is 0 Å². The summed E-state index contributed by atoms with van der Waals surface area (Å²) in [5.41, 5.74) is 2.47. The van der Waals surface area contributed by atoms with Crippen LogP contribution in [0.1, 0.15) is 19.8 Å². The van der Waals surface area contributed by atoms with Crippen molar-refractivity contribution in [1.29, 1.82) is 0 Å². The standard InChI is InChI=1S/C6H14N2O3/c1-3-4-6(8(9)10)5-7-11-2/h6-7H,3-5H2,1-2H3. The van der Waals surface area contributed by atoms with E-state index in [1.807, 2.05) is 6.92 Å². The molecule has 0 bridgehead atoms. The minimum atomic E-state index is -0.528. The van der Waals surface area contributed by atoms with E-state index >= 15 is 0 Å². The molecule has 0 aromatic rings. The second-order valence-corrected chi connectivity index (χ2v) is 2.28. The van der Waals surface area contributed by atoms with Crippen LogP contribution in [-0.2, 0) is 4.84 Å². The first-order valence-corrected chi connectivity index (χ1v) is 3.61. The van der Waals surface area contributed by atoms with Gasteiger partial charge in [0, 0.05) is 11.3 Å². The van der Waals surface area contributed by atoms with E-state index in [1.165, 1.54) is 7.11 Å². The summed E-state index contributed by atoms with van der Waals surface area (Å²) in [5, 5.41) is 10.3. The van der Waals surface area contributed by atoms with Crippen molar-refractivity contribution in [2.75, 3.05) is 13.7 Å². The zero-order valence-electron chi connectivity index (χ0n) is 6.87. The van der Waals surface area contributed by atoms with Gasteiger partial charge in [0.2, 0.25) is 6.04 Å². The first-order valence-electron chi connectivity index (χ1n) is 3.61. The maximum atomic E-state index is 10.3. The van der Waals surface area contributed by atoms with Gasteiger partial charge in [0.05, 0.1) is 13.7 Å². The van der Waals surface area contributed by atoms with Crippen LogP contribution in [0.2, 0.25) is 0 Å². The normalized spacial score (nSPS) is 12.9. The third-order valence-corrected chi connectivity index (χ3v) is 1.38. The summed E-state index contributed by atoms with van der Waals surface area (Å²) in [7, 11) is 1.45. The van der Waals surface area contributed by atoms with E-state index in [2.05, 4.69) is 10.3 Å². The molecule has 0 radical (unpaired) electrons. The van der Waals surface area contributed by atoms with Crippen molar-refractivity contribution in [3.63, 3.8) is 0 Å². The zero-order chi connectivity index (χ0) is 8.69. The van der Waals surface area contributed by atoms with Crippen LogP contribution in [0.4, 0.5) is 0 Å². The minimum absolute atomic E-state index is 0.275. The molecular weight excluding hydrogens is 148 g/mol. The number of rotatable bonds is 6. The highest BCUT2D eigenvalue weighted by Crippen LogP contribution is 1.98. The van der Waals surface area contributed by atoms with Crippen LogP contribution in [-0.4, -0.2) is 24.6 Å². The number of nitrogens with one attached hydrogen (secondary N) is 1. The molecule has 0 aliphatic heterocycles. The van der Waals surface area contributed by atoms with E-state index in [0.717, 1.165) is 6.42 Å². The number of nitro groups is 1. The first kappa shape index (κ1) is 10.3. The molecule has 5 nitrogen and oxygen atoms in total. The lowest BCUT2D eigenvalue weighted by Crippen LogP contribution is -2.32. The monoisotopic (exact) mass is 162 g/mol. The highest BCUT2D eigenvalue weighted by molar-refractivity contribution is 4.55. The van der Waals surface area contributed by atoms with Gasteiger partial charge < -0.3 is 4.84 Å². The molecule has 66 valence electrons. The van der Waals surface area contributed by atoms with Gasteiger partial charge in [-0.3, -0.25) is 10.1 Å². The molecule has 0 heterocycles. The largest absolute Gasteiger partial charge is 0.305 e. The topological polar surface area (TPSA) is 64.4 Å². The Balaban J connectivity index is 3.60. The molecule has 0 aliphatic rings. The highest BCUT2D eigenvalue weighted by atomic mass is 16.6. The second kappa shape index (κ2) is 6.06. The molecule has 0 saturated heterocycles. The molecule has 1 N–H and O–H groups in total. The molecule has 11 heavy (non-hydrogen) atoms. The molecule has 0 aromatic heterocycles. The number of hydroxylamine groups is 1. The quantitative estimate of drug-likeness (QED) is 0.458. The van der Waals surface area contributed by atoms with Crippen LogP contribution in [0.25, 0.3) is 0 Å². The summed E-state index contributed by atoms with van der Waals surface area (Å²) in [6.45, 7) is 2.20. The Labute approximate surface area is 65.8 Å². The van der Waals surface area contributed by atoms with Crippen molar-refractivity contribution in [2.45, 2.75) is 25.8 Å². The molecule has 0 aliphatic carbocycles. The predicted octanol–water partition coefficient (Wildman–Crippen LogP) is 0.583. The molecule has 0 rings (SSSR count). The van der Waals surface area contributed by atoms with E-state index in [0.29, 0.717) is 6.42 Å². The van der Waals surface area contributed by atoms with Crippen LogP contribution in [0.3, 0.4) is 0 Å². The fourth-order valence-electron chi connectivity index (χ4n) is 0.795. The lowest BCUT2D eigenvalue weighted by atomic mass is 10.2. The lowest BCUT2D eigenvalue weighted by Gasteiger charge is -2.07. The fourth-order valence-corrected chi connectivity index (χ4v) is 0.795. The fraction of sp³-hybridized carbons (Fsp3) is 1.00. The van der Waals surface area contributed by atoms with E-state index in [4.69, 9.17) is 0 Å². The van der Waals surface area contributed by atoms with Gasteiger partial charge in [-0.1, -0.05) is 6.92 Å². The number of hydrogen-bond donors (Lipinski definition) is 1. The summed E-state index contributed by atoms with van der Waals surface area (Å²) in [6.07, 6.45) is 1.40. The van der Waals surface area contributed by atoms with Crippen LogP contribution in [0.15, 0.2) is 0 Å². The molecule has 0 aromatic carbocycles. The van der Waals surface area contributed by atoms with E-state index in [-0.39, 0.29) is 11.5 Å². The Kier molecular flexibility index (Phi) is 5.68. The highest BCUT2D eigenvalue weighted by Gasteiger charge is 2.17. The summed E-state index contributed by atoms with van der Waals surface area (Å²) >= 11 is 0. The van der Waals surface area contributed by atoms with Crippen LogP contribution < -0.4 is 5.48 Å². The van der Waals surface area contributed by atoms with Crippen molar-refractivity contribution in [3.05, 3.63) is 10.1 Å². The van der Waals surface area contributed by atoms with Crippen LogP contribution in [0, 0.1) is 10.1 Å². The predicted molar refractivity (Wildman–Crippen MR) is 40.7 cm³/mol. The lowest BCUT2D eigenvalue weighted by molar-refractivity contribution is -0.522. The van der Waals surface area contributed by atoms with Crippen molar-refractivity contribution < 1.29 is 9.76 Å². The summed E-state index contributed by atoms with van der Waals surface area (Å²) in [5.74, 6) is 0. The van der Waals surface area contributed by atoms with E-state index in [9.17, 15) is 10.1 Å². The minimum Gasteiger partial charge on any atom is -0.305 e. The van der Waals surface area contributed by atoms with E-state index in [1.54, 1.807) is 0 Å². The SMILES string of the molecule is CCCC(CNOC)[N+](=O)[O-]. The maximum Gasteiger partial charge on any atom is 0.227 e. The molecule has 5 heteroatoms. The summed E-state index contributed by atoms with van der Waals surface area (Å²) in [6, 6.07) is -0.528. The third-order valence-electron chi connectivity index (χ3n) is 1.38. The van der Waals surface area contributed by atoms with Gasteiger partial charge in [0.25, 0.3) is 0 Å². The van der Waals surface area contributed by atoms with Gasteiger partial charge in [-0.2, -0.15) is 5.48 Å². The van der Waals surface area contributed by atoms with Gasteiger partial charge in [0.1, 0.15) is 0 Å². The Morgan fingerprint density at radius 3 is 2.73 bits per heavy atom. The molecule has 0 saturated carbocycles. The van der Waals surface area contributed by atoms with Gasteiger partial charge in [-0.05, 0) is 6.42 Å². The average molecular weight is 162 g/mol. The molecule has 0 spiro atoms. The molecule has 0 fully saturated rings. The van der Waals surface area contributed by atoms with Crippen LogP contribution in [0.5, 0.6) is 0 Å².